The van der Waals surface area contributed by atoms with Crippen LogP contribution < -0.4 is 0 Å². The second kappa shape index (κ2) is 8.05. The van der Waals surface area contributed by atoms with Crippen LogP contribution in [0.4, 0.5) is 0 Å². The van der Waals surface area contributed by atoms with Crippen LogP contribution in [-0.2, 0) is 0 Å². The second-order valence-corrected chi connectivity index (χ2v) is 2.31. The zero-order valence-electron chi connectivity index (χ0n) is 9.12. The van der Waals surface area contributed by atoms with E-state index < -0.39 is 0 Å². The highest BCUT2D eigenvalue weighted by molar-refractivity contribution is 5.71. The summed E-state index contributed by atoms with van der Waals surface area (Å²) in [6, 6.07) is 1.93. The lowest BCUT2D eigenvalue weighted by molar-refractivity contribution is 1.07. The van der Waals surface area contributed by atoms with Crippen molar-refractivity contribution in [3.8, 4) is 0 Å². The maximum atomic E-state index is 3.87. The van der Waals surface area contributed by atoms with E-state index in [4.69, 9.17) is 0 Å². The largest absolute Gasteiger partial charge is 0.278 e. The normalized spacial score (nSPS) is 10.9. The molecular weight excluding hydrogens is 172 g/mol. The fraction of sp³-hybridized carbons (Fsp3) is 0.250. The van der Waals surface area contributed by atoms with Crippen molar-refractivity contribution in [2.75, 3.05) is 0 Å². The van der Waals surface area contributed by atoms with E-state index in [0.29, 0.717) is 0 Å². The van der Waals surface area contributed by atoms with Crippen LogP contribution in [0.1, 0.15) is 26.5 Å². The fourth-order valence-electron chi connectivity index (χ4n) is 0.930. The number of H-pyrrole nitrogens is 1. The van der Waals surface area contributed by atoms with Crippen molar-refractivity contribution in [2.45, 2.75) is 20.8 Å². The van der Waals surface area contributed by atoms with Gasteiger partial charge in [0.25, 0.3) is 0 Å². The maximum Gasteiger partial charge on any atom is 0.0646 e. The highest BCUT2D eigenvalue weighted by Crippen LogP contribution is 2.11. The Kier molecular flexibility index (Phi) is 7.15. The average molecular weight is 190 g/mol. The third kappa shape index (κ3) is 3.90. The van der Waals surface area contributed by atoms with Crippen LogP contribution in [0.5, 0.6) is 0 Å². The van der Waals surface area contributed by atoms with Gasteiger partial charge >= 0.3 is 0 Å². The third-order valence-electron chi connectivity index (χ3n) is 1.53. The standard InChI is InChI=1S/C10H12N2.C2H6/c1-3-5-6-9(4-2)10-7-8-11-12-10;1-2/h3-8H,1H2,2H3,(H,11,12);1-2H3/b6-5-,9-4+;. The van der Waals surface area contributed by atoms with E-state index in [1.807, 2.05) is 45.1 Å². The number of nitrogens with one attached hydrogen (secondary N) is 1. The molecule has 2 heteroatoms. The SMILES string of the molecule is C=C/C=C\C(=C/C)c1ccn[nH]1.CC. The molecule has 0 aromatic carbocycles. The molecule has 0 radical (unpaired) electrons. The molecule has 1 aromatic heterocycles. The summed E-state index contributed by atoms with van der Waals surface area (Å²) in [5.41, 5.74) is 2.14. The topological polar surface area (TPSA) is 28.7 Å². The maximum absolute atomic E-state index is 3.87. The summed E-state index contributed by atoms with van der Waals surface area (Å²) in [7, 11) is 0. The molecule has 0 atom stereocenters. The number of aromatic amines is 1. The van der Waals surface area contributed by atoms with Crippen molar-refractivity contribution in [1.82, 2.24) is 10.2 Å². The molecule has 1 N–H and O–H groups in total. The van der Waals surface area contributed by atoms with Crippen LogP contribution in [0.2, 0.25) is 0 Å². The minimum absolute atomic E-state index is 1.02. The first-order valence-corrected chi connectivity index (χ1v) is 4.83. The molecule has 0 amide bonds. The Morgan fingerprint density at radius 3 is 2.64 bits per heavy atom. The predicted molar refractivity (Wildman–Crippen MR) is 62.9 cm³/mol. The van der Waals surface area contributed by atoms with Gasteiger partial charge in [-0.05, 0) is 18.6 Å². The Morgan fingerprint density at radius 2 is 2.21 bits per heavy atom. The number of hydrogen-bond donors (Lipinski definition) is 1. The summed E-state index contributed by atoms with van der Waals surface area (Å²) in [6.45, 7) is 9.60. The van der Waals surface area contributed by atoms with Gasteiger partial charge in [0, 0.05) is 6.20 Å². The molecule has 0 aliphatic heterocycles. The van der Waals surface area contributed by atoms with Crippen LogP contribution in [-0.4, -0.2) is 10.2 Å². The van der Waals surface area contributed by atoms with Crippen molar-refractivity contribution < 1.29 is 0 Å². The Hall–Kier alpha value is -1.57. The summed E-state index contributed by atoms with van der Waals surface area (Å²) in [4.78, 5) is 0. The van der Waals surface area contributed by atoms with E-state index in [1.54, 1.807) is 12.3 Å². The molecule has 0 spiro atoms. The zero-order valence-corrected chi connectivity index (χ0v) is 9.12. The van der Waals surface area contributed by atoms with Gasteiger partial charge in [0.2, 0.25) is 0 Å². The van der Waals surface area contributed by atoms with E-state index in [1.165, 1.54) is 0 Å². The summed E-state index contributed by atoms with van der Waals surface area (Å²) in [6.07, 6.45) is 9.39. The molecule has 0 fully saturated rings. The third-order valence-corrected chi connectivity index (χ3v) is 1.53. The second-order valence-electron chi connectivity index (χ2n) is 2.31. The van der Waals surface area contributed by atoms with E-state index in [2.05, 4.69) is 16.8 Å². The zero-order chi connectivity index (χ0) is 10.8. The smallest absolute Gasteiger partial charge is 0.0646 e. The molecule has 76 valence electrons. The van der Waals surface area contributed by atoms with Gasteiger partial charge in [0.05, 0.1) is 5.69 Å². The van der Waals surface area contributed by atoms with Gasteiger partial charge in [0.15, 0.2) is 0 Å². The van der Waals surface area contributed by atoms with Crippen LogP contribution in [0.3, 0.4) is 0 Å². The molecule has 0 bridgehead atoms. The van der Waals surface area contributed by atoms with Crippen molar-refractivity contribution in [1.29, 1.82) is 0 Å². The molecule has 0 saturated heterocycles. The van der Waals surface area contributed by atoms with Gasteiger partial charge in [-0.3, -0.25) is 5.10 Å². The Labute approximate surface area is 86.1 Å². The first kappa shape index (κ1) is 12.4. The lowest BCUT2D eigenvalue weighted by atomic mass is 10.1. The molecule has 1 rings (SSSR count). The first-order valence-electron chi connectivity index (χ1n) is 4.83. The molecule has 0 aliphatic carbocycles. The van der Waals surface area contributed by atoms with Crippen LogP contribution in [0.15, 0.2) is 43.1 Å². The number of rotatable bonds is 3. The molecular formula is C12H18N2. The lowest BCUT2D eigenvalue weighted by Crippen LogP contribution is -1.79. The Morgan fingerprint density at radius 1 is 1.50 bits per heavy atom. The van der Waals surface area contributed by atoms with Gasteiger partial charge in [-0.25, -0.2) is 0 Å². The average Bonchev–Trinajstić information content (AvgIpc) is 2.76. The fourth-order valence-corrected chi connectivity index (χ4v) is 0.930. The van der Waals surface area contributed by atoms with Gasteiger partial charge < -0.3 is 0 Å². The number of aromatic nitrogens is 2. The van der Waals surface area contributed by atoms with Crippen molar-refractivity contribution in [3.63, 3.8) is 0 Å². The summed E-state index contributed by atoms with van der Waals surface area (Å²) >= 11 is 0. The lowest BCUT2D eigenvalue weighted by Gasteiger charge is -1.94. The quantitative estimate of drug-likeness (QED) is 0.725. The molecule has 1 heterocycles. The molecule has 1 aromatic rings. The van der Waals surface area contributed by atoms with Gasteiger partial charge in [-0.2, -0.15) is 5.10 Å². The molecule has 0 saturated carbocycles. The minimum atomic E-state index is 1.02. The number of nitrogens with zero attached hydrogens (tertiary/aromatic N) is 1. The van der Waals surface area contributed by atoms with E-state index in [-0.39, 0.29) is 0 Å². The minimum Gasteiger partial charge on any atom is -0.278 e. The molecule has 0 aliphatic rings. The van der Waals surface area contributed by atoms with Crippen molar-refractivity contribution in [2.24, 2.45) is 0 Å². The van der Waals surface area contributed by atoms with Crippen LogP contribution >= 0.6 is 0 Å². The summed E-state index contributed by atoms with van der Waals surface area (Å²) < 4.78 is 0. The van der Waals surface area contributed by atoms with Gasteiger partial charge in [-0.15, -0.1) is 0 Å². The van der Waals surface area contributed by atoms with Crippen molar-refractivity contribution in [3.05, 3.63) is 48.8 Å². The highest BCUT2D eigenvalue weighted by atomic mass is 15.1. The molecule has 2 nitrogen and oxygen atoms in total. The summed E-state index contributed by atoms with van der Waals surface area (Å²) in [5, 5.41) is 6.77. The Balaban J connectivity index is 0.000000791. The van der Waals surface area contributed by atoms with E-state index in [0.717, 1.165) is 11.3 Å². The predicted octanol–water partition coefficient (Wildman–Crippen LogP) is 3.58. The molecule has 0 unspecified atom stereocenters. The summed E-state index contributed by atoms with van der Waals surface area (Å²) in [5.74, 6) is 0. The monoisotopic (exact) mass is 190 g/mol. The van der Waals surface area contributed by atoms with E-state index >= 15 is 0 Å². The van der Waals surface area contributed by atoms with Gasteiger partial charge in [0.1, 0.15) is 0 Å². The van der Waals surface area contributed by atoms with Crippen LogP contribution in [0.25, 0.3) is 5.57 Å². The van der Waals surface area contributed by atoms with Crippen LogP contribution in [0, 0.1) is 0 Å². The van der Waals surface area contributed by atoms with Crippen molar-refractivity contribution >= 4 is 5.57 Å². The van der Waals surface area contributed by atoms with Gasteiger partial charge in [-0.1, -0.05) is 44.7 Å². The highest BCUT2D eigenvalue weighted by Gasteiger charge is 1.95. The first-order chi connectivity index (χ1) is 6.88. The van der Waals surface area contributed by atoms with E-state index in [9.17, 15) is 0 Å². The Bertz CT molecular complexity index is 292. The number of allylic oxidation sites excluding steroid dienone is 5. The molecule has 14 heavy (non-hydrogen) atoms. The number of hydrogen-bond acceptors (Lipinski definition) is 1.